The first-order valence-corrected chi connectivity index (χ1v) is 14.2. The van der Waals surface area contributed by atoms with E-state index in [4.69, 9.17) is 0 Å². The second-order valence-electron chi connectivity index (χ2n) is 13.1. The van der Waals surface area contributed by atoms with Gasteiger partial charge >= 0.3 is 0 Å². The number of unbranched alkanes of at least 4 members (excludes halogenated alkanes) is 1. The molecule has 3 fully saturated rings. The van der Waals surface area contributed by atoms with Crippen LogP contribution in [0.25, 0.3) is 0 Å². The maximum Gasteiger partial charge on any atom is -0.0144 e. The summed E-state index contributed by atoms with van der Waals surface area (Å²) in [7, 11) is 0. The van der Waals surface area contributed by atoms with Gasteiger partial charge in [0.05, 0.1) is 0 Å². The highest BCUT2D eigenvalue weighted by Gasteiger charge is 2.59. The number of rotatable bonds is 4. The van der Waals surface area contributed by atoms with Crippen LogP contribution in [0.2, 0.25) is 0 Å². The van der Waals surface area contributed by atoms with Gasteiger partial charge in [0.25, 0.3) is 0 Å². The first-order valence-electron chi connectivity index (χ1n) is 14.2. The van der Waals surface area contributed by atoms with Gasteiger partial charge in [0, 0.05) is 0 Å². The maximum absolute atomic E-state index is 4.00. The predicted octanol–water partition coefficient (Wildman–Crippen LogP) is 10.7. The van der Waals surface area contributed by atoms with Crippen molar-refractivity contribution in [3.63, 3.8) is 0 Å². The molecule has 0 spiro atoms. The quantitative estimate of drug-likeness (QED) is 0.224. The molecule has 0 aromatic carbocycles. The van der Waals surface area contributed by atoms with Crippen LogP contribution in [0.1, 0.15) is 140 Å². The minimum absolute atomic E-state index is 0. The predicted molar refractivity (Wildman–Crippen MR) is 150 cm³/mol. The van der Waals surface area contributed by atoms with Crippen molar-refractivity contribution in [3.8, 4) is 12.8 Å². The first-order chi connectivity index (χ1) is 15.2. The summed E-state index contributed by atoms with van der Waals surface area (Å²) in [5.74, 6) is 4.78. The van der Waals surface area contributed by atoms with E-state index in [1.54, 1.807) is 0 Å². The fourth-order valence-electron chi connectivity index (χ4n) is 8.59. The van der Waals surface area contributed by atoms with Crippen LogP contribution in [0.4, 0.5) is 0 Å². The number of hydrogen-bond acceptors (Lipinski definition) is 0. The minimum atomic E-state index is 0. The molecule has 4 aliphatic carbocycles. The Morgan fingerprint density at radius 2 is 1.55 bits per heavy atom. The number of hydrogen-bond donors (Lipinski definition) is 0. The van der Waals surface area contributed by atoms with Crippen molar-refractivity contribution in [1.29, 1.82) is 0 Å². The lowest BCUT2D eigenvalue weighted by atomic mass is 9.45. The van der Waals surface area contributed by atoms with Crippen LogP contribution in [-0.4, -0.2) is 0 Å². The summed E-state index contributed by atoms with van der Waals surface area (Å²) in [5.41, 5.74) is 3.66. The van der Waals surface area contributed by atoms with E-state index < -0.39 is 0 Å². The molecule has 0 aliphatic heterocycles. The summed E-state index contributed by atoms with van der Waals surface area (Å²) < 4.78 is 0. The molecule has 0 amide bonds. The normalized spacial score (nSPS) is 39.1. The maximum atomic E-state index is 4.00. The topological polar surface area (TPSA) is 0 Å². The van der Waals surface area contributed by atoms with Gasteiger partial charge in [-0.2, -0.15) is 0 Å². The number of allylic oxidation sites excluding steroid dienone is 2. The summed E-state index contributed by atoms with van der Waals surface area (Å²) in [6, 6.07) is 0. The zero-order valence-corrected chi connectivity index (χ0v) is 23.1. The second kappa shape index (κ2) is 12.3. The largest absolute Gasteiger partial charge is 0.124 e. The van der Waals surface area contributed by atoms with E-state index in [0.717, 1.165) is 29.6 Å². The van der Waals surface area contributed by atoms with E-state index >= 15 is 0 Å². The molecule has 4 aliphatic rings. The number of terminal acetylenes is 1. The molecule has 7 unspecified atom stereocenters. The molecule has 0 saturated heterocycles. The third-order valence-corrected chi connectivity index (χ3v) is 10.4. The Morgan fingerprint density at radius 1 is 0.909 bits per heavy atom. The SMILES string of the molecule is C.C#C.CC.CC1CCCC2C1=CCC1C3CCC(CCCCC(C)(C)C)C3(C)CCC21C. The van der Waals surface area contributed by atoms with Gasteiger partial charge in [-0.05, 0) is 104 Å². The standard InChI is InChI=1S/C28H48.C2H6.C2H2.CH4/c1-20-10-9-12-23-22(20)14-16-25-24-15-13-21(11-7-8-17-26(2,3)4)27(24,5)18-19-28(23,25)6;2*1-2;/h14,20-21,23-25H,7-13,15-19H2,1-6H3;1-2H3;1-2H;1H4. The van der Waals surface area contributed by atoms with Gasteiger partial charge in [0.1, 0.15) is 0 Å². The van der Waals surface area contributed by atoms with Crippen LogP contribution in [0.5, 0.6) is 0 Å². The number of fused-ring (bicyclic) bond motifs is 5. The van der Waals surface area contributed by atoms with Crippen LogP contribution in [0.3, 0.4) is 0 Å². The van der Waals surface area contributed by atoms with E-state index in [-0.39, 0.29) is 7.43 Å². The van der Waals surface area contributed by atoms with Crippen LogP contribution in [0.15, 0.2) is 11.6 Å². The minimum Gasteiger partial charge on any atom is -0.124 e. The van der Waals surface area contributed by atoms with Crippen LogP contribution >= 0.6 is 0 Å². The Hall–Kier alpha value is -0.700. The van der Waals surface area contributed by atoms with Crippen molar-refractivity contribution >= 4 is 0 Å². The Kier molecular flexibility index (Phi) is 11.3. The first kappa shape index (κ1) is 30.3. The summed E-state index contributed by atoms with van der Waals surface area (Å²) in [6.45, 7) is 19.2. The molecule has 0 heteroatoms. The molecule has 0 N–H and O–H groups in total. The van der Waals surface area contributed by atoms with Gasteiger partial charge in [0.2, 0.25) is 0 Å². The van der Waals surface area contributed by atoms with Crippen molar-refractivity contribution in [2.75, 3.05) is 0 Å². The van der Waals surface area contributed by atoms with Crippen LogP contribution in [-0.2, 0) is 0 Å². The van der Waals surface area contributed by atoms with Gasteiger partial charge in [-0.25, -0.2) is 0 Å². The molecule has 0 nitrogen and oxygen atoms in total. The fraction of sp³-hybridized carbons (Fsp3) is 0.879. The van der Waals surface area contributed by atoms with E-state index in [1.165, 1.54) is 77.0 Å². The Labute approximate surface area is 210 Å². The van der Waals surface area contributed by atoms with E-state index in [1.807, 2.05) is 19.4 Å². The summed E-state index contributed by atoms with van der Waals surface area (Å²) in [6.07, 6.45) is 28.5. The second-order valence-corrected chi connectivity index (χ2v) is 13.1. The summed E-state index contributed by atoms with van der Waals surface area (Å²) in [4.78, 5) is 0. The Balaban J connectivity index is 0.00000103. The smallest absolute Gasteiger partial charge is 0.0144 e. The molecular weight excluding hydrogens is 396 g/mol. The third kappa shape index (κ3) is 6.11. The molecule has 0 aromatic heterocycles. The molecule has 0 bridgehead atoms. The molecule has 3 saturated carbocycles. The highest BCUT2D eigenvalue weighted by molar-refractivity contribution is 5.24. The molecule has 0 aromatic rings. The van der Waals surface area contributed by atoms with Gasteiger partial charge in [-0.1, -0.05) is 93.7 Å². The van der Waals surface area contributed by atoms with E-state index in [0.29, 0.717) is 16.2 Å². The average molecular weight is 457 g/mol. The molecule has 4 rings (SSSR count). The van der Waals surface area contributed by atoms with E-state index in [2.05, 4.69) is 60.5 Å². The highest BCUT2D eigenvalue weighted by Crippen LogP contribution is 2.68. The third-order valence-electron chi connectivity index (χ3n) is 10.4. The monoisotopic (exact) mass is 456 g/mol. The van der Waals surface area contributed by atoms with Crippen LogP contribution in [0, 0.1) is 58.7 Å². The van der Waals surface area contributed by atoms with Crippen molar-refractivity contribution < 1.29 is 0 Å². The lowest BCUT2D eigenvalue weighted by Crippen LogP contribution is -2.52. The van der Waals surface area contributed by atoms with Crippen molar-refractivity contribution in [2.24, 2.45) is 45.8 Å². The lowest BCUT2D eigenvalue weighted by molar-refractivity contribution is -0.0754. The lowest BCUT2D eigenvalue weighted by Gasteiger charge is -2.60. The van der Waals surface area contributed by atoms with Gasteiger partial charge in [-0.15, -0.1) is 12.8 Å². The van der Waals surface area contributed by atoms with Crippen LogP contribution < -0.4 is 0 Å². The van der Waals surface area contributed by atoms with Gasteiger partial charge in [-0.3, -0.25) is 0 Å². The van der Waals surface area contributed by atoms with Crippen molar-refractivity contribution in [1.82, 2.24) is 0 Å². The highest BCUT2D eigenvalue weighted by atomic mass is 14.6. The van der Waals surface area contributed by atoms with E-state index in [9.17, 15) is 0 Å². The zero-order chi connectivity index (χ0) is 24.2. The Bertz CT molecular complexity index is 630. The van der Waals surface area contributed by atoms with Gasteiger partial charge in [0.15, 0.2) is 0 Å². The molecular formula is C33H60. The summed E-state index contributed by atoms with van der Waals surface area (Å²) in [5, 5.41) is 0. The van der Waals surface area contributed by atoms with Gasteiger partial charge < -0.3 is 0 Å². The summed E-state index contributed by atoms with van der Waals surface area (Å²) >= 11 is 0. The Morgan fingerprint density at radius 3 is 2.18 bits per heavy atom. The molecule has 192 valence electrons. The van der Waals surface area contributed by atoms with Crippen molar-refractivity contribution in [2.45, 2.75) is 140 Å². The average Bonchev–Trinajstić information content (AvgIpc) is 3.10. The molecule has 0 heterocycles. The molecule has 7 atom stereocenters. The fourth-order valence-corrected chi connectivity index (χ4v) is 8.59. The zero-order valence-electron chi connectivity index (χ0n) is 23.1. The molecule has 33 heavy (non-hydrogen) atoms. The van der Waals surface area contributed by atoms with Crippen molar-refractivity contribution in [3.05, 3.63) is 11.6 Å². The molecule has 0 radical (unpaired) electrons.